The number of nitrogens with one attached hydrogen (secondary N) is 2. The molecule has 0 bridgehead atoms. The molecule has 0 unspecified atom stereocenters. The van der Waals surface area contributed by atoms with Crippen LogP contribution in [-0.4, -0.2) is 107 Å². The van der Waals surface area contributed by atoms with E-state index >= 15 is 0 Å². The van der Waals surface area contributed by atoms with Crippen molar-refractivity contribution < 1.29 is 48.1 Å². The number of carbonyl (C=O) groups excluding carboxylic acids is 5. The highest BCUT2D eigenvalue weighted by Gasteiger charge is 2.36. The zero-order valence-electron chi connectivity index (χ0n) is 31.6. The van der Waals surface area contributed by atoms with Gasteiger partial charge in [-0.1, -0.05) is 38.5 Å². The van der Waals surface area contributed by atoms with Gasteiger partial charge in [-0.3, -0.25) is 19.4 Å². The molecule has 0 saturated heterocycles. The Morgan fingerprint density at radius 2 is 0.959 bits per heavy atom. The van der Waals surface area contributed by atoms with Gasteiger partial charge in [-0.05, 0) is 92.9 Å². The van der Waals surface area contributed by atoms with Gasteiger partial charge in [-0.25, -0.2) is 19.2 Å². The van der Waals surface area contributed by atoms with E-state index in [1.54, 1.807) is 55.4 Å². The summed E-state index contributed by atoms with van der Waals surface area (Å²) in [6.07, 6.45) is 8.48. The van der Waals surface area contributed by atoms with E-state index in [1.165, 1.54) is 31.0 Å². The van der Waals surface area contributed by atoms with Crippen LogP contribution < -0.4 is 10.6 Å². The lowest BCUT2D eigenvalue weighted by molar-refractivity contribution is -0.147. The van der Waals surface area contributed by atoms with Crippen molar-refractivity contribution in [3.8, 4) is 0 Å². The van der Waals surface area contributed by atoms with Crippen LogP contribution in [0.4, 0.5) is 9.59 Å². The van der Waals surface area contributed by atoms with Gasteiger partial charge < -0.3 is 30.0 Å². The Morgan fingerprint density at radius 3 is 1.27 bits per heavy atom. The molecule has 3 N–H and O–H groups in total. The highest BCUT2D eigenvalue weighted by Crippen LogP contribution is 2.28. The quantitative estimate of drug-likeness (QED) is 0.210. The molecule has 2 saturated carbocycles. The number of amides is 4. The second-order valence-corrected chi connectivity index (χ2v) is 15.2. The summed E-state index contributed by atoms with van der Waals surface area (Å²) in [5, 5.41) is 14.8. The third-order valence-electron chi connectivity index (χ3n) is 8.84. The van der Waals surface area contributed by atoms with E-state index in [0.717, 1.165) is 64.2 Å². The van der Waals surface area contributed by atoms with E-state index in [1.807, 2.05) is 0 Å². The summed E-state index contributed by atoms with van der Waals surface area (Å²) in [6, 6.07) is -3.16. The first-order valence-electron chi connectivity index (χ1n) is 17.4. The SMILES string of the molecule is COC(=O)[C@@H](NC(=O)[C@H](C)N(C)C(=O)OC(C)(C)C)C1CCCCC1.C[C@@H](C(=O)N[C@H](C(=O)O)C1CCCCC1)N(C)C(=O)OC(C)(C)C. The van der Waals surface area contributed by atoms with Crippen molar-refractivity contribution in [2.45, 2.75) is 155 Å². The van der Waals surface area contributed by atoms with Crippen molar-refractivity contribution in [1.82, 2.24) is 20.4 Å². The normalized spacial score (nSPS) is 18.2. The van der Waals surface area contributed by atoms with Crippen LogP contribution in [0, 0.1) is 11.8 Å². The Morgan fingerprint density at radius 1 is 0.633 bits per heavy atom. The average molecular weight is 699 g/mol. The monoisotopic (exact) mass is 698 g/mol. The van der Waals surface area contributed by atoms with E-state index in [-0.39, 0.29) is 11.8 Å². The minimum Gasteiger partial charge on any atom is -0.480 e. The molecule has 0 aromatic heterocycles. The summed E-state index contributed by atoms with van der Waals surface area (Å²) in [5.74, 6) is -2.33. The maximum absolute atomic E-state index is 12.6. The molecule has 4 amide bonds. The molecule has 2 aliphatic rings. The lowest BCUT2D eigenvalue weighted by Gasteiger charge is -2.32. The third-order valence-corrected chi connectivity index (χ3v) is 8.84. The van der Waals surface area contributed by atoms with E-state index in [2.05, 4.69) is 10.6 Å². The van der Waals surface area contributed by atoms with Gasteiger partial charge in [0.25, 0.3) is 0 Å². The van der Waals surface area contributed by atoms with E-state index < -0.39 is 71.3 Å². The largest absolute Gasteiger partial charge is 0.480 e. The second-order valence-electron chi connectivity index (χ2n) is 15.2. The standard InChI is InChI=1S/C18H32N2O5.C17H30N2O5/c1-12(20(5)17(23)25-18(2,3)4)15(21)19-14(16(22)24-6)13-10-8-7-9-11-13;1-11(19(5)16(23)24-17(2,3)4)14(20)18-13(15(21)22)12-9-7-6-8-10-12/h12-14H,7-11H2,1-6H3,(H,19,21);11-13H,6-10H2,1-5H3,(H,18,20)(H,21,22)/t12-,14-;11-,13-/m00/s1. The van der Waals surface area contributed by atoms with Gasteiger partial charge in [0.1, 0.15) is 35.4 Å². The molecule has 2 fully saturated rings. The maximum Gasteiger partial charge on any atom is 0.410 e. The maximum atomic E-state index is 12.6. The Labute approximate surface area is 292 Å². The van der Waals surface area contributed by atoms with Crippen LogP contribution in [0.2, 0.25) is 0 Å². The number of carboxylic acid groups (broad SMARTS) is 1. The molecule has 2 aliphatic carbocycles. The van der Waals surface area contributed by atoms with Gasteiger partial charge >= 0.3 is 24.1 Å². The number of hydrogen-bond donors (Lipinski definition) is 3. The predicted molar refractivity (Wildman–Crippen MR) is 184 cm³/mol. The summed E-state index contributed by atoms with van der Waals surface area (Å²) >= 11 is 0. The molecule has 0 aliphatic heterocycles. The van der Waals surface area contributed by atoms with E-state index in [9.17, 15) is 33.9 Å². The average Bonchev–Trinajstić information content (AvgIpc) is 3.03. The highest BCUT2D eigenvalue weighted by atomic mass is 16.6. The van der Waals surface area contributed by atoms with E-state index in [0.29, 0.717) is 0 Å². The lowest BCUT2D eigenvalue weighted by Crippen LogP contribution is -2.54. The molecule has 0 radical (unpaired) electrons. The smallest absolute Gasteiger partial charge is 0.410 e. The first-order chi connectivity index (χ1) is 22.6. The number of methoxy groups -OCH3 is 1. The summed E-state index contributed by atoms with van der Waals surface area (Å²) in [6.45, 7) is 13.7. The van der Waals surface area contributed by atoms with Crippen molar-refractivity contribution in [1.29, 1.82) is 0 Å². The highest BCUT2D eigenvalue weighted by molar-refractivity contribution is 5.90. The zero-order chi connectivity index (χ0) is 37.7. The van der Waals surface area contributed by atoms with Crippen molar-refractivity contribution >= 4 is 35.9 Å². The minimum atomic E-state index is -1.03. The van der Waals surface area contributed by atoms with Gasteiger partial charge in [0.2, 0.25) is 11.8 Å². The molecule has 4 atom stereocenters. The molecule has 0 spiro atoms. The van der Waals surface area contributed by atoms with E-state index in [4.69, 9.17) is 14.2 Å². The van der Waals surface area contributed by atoms with Crippen molar-refractivity contribution in [3.63, 3.8) is 0 Å². The number of esters is 1. The third kappa shape index (κ3) is 15.2. The van der Waals surface area contributed by atoms with Gasteiger partial charge in [0.05, 0.1) is 7.11 Å². The summed E-state index contributed by atoms with van der Waals surface area (Å²) in [7, 11) is 4.29. The molecular formula is C35H62N4O10. The Hall–Kier alpha value is -3.58. The molecule has 0 heterocycles. The number of carbonyl (C=O) groups is 6. The molecule has 14 nitrogen and oxygen atoms in total. The van der Waals surface area contributed by atoms with Crippen LogP contribution in [-0.2, 0) is 33.4 Å². The van der Waals surface area contributed by atoms with Gasteiger partial charge in [0.15, 0.2) is 0 Å². The molecular weight excluding hydrogens is 636 g/mol. The van der Waals surface area contributed by atoms with Gasteiger partial charge in [-0.15, -0.1) is 0 Å². The van der Waals surface area contributed by atoms with Crippen LogP contribution in [0.25, 0.3) is 0 Å². The Kier molecular flexibility index (Phi) is 17.3. The first-order valence-corrected chi connectivity index (χ1v) is 17.4. The van der Waals surface area contributed by atoms with Crippen LogP contribution in [0.5, 0.6) is 0 Å². The van der Waals surface area contributed by atoms with Crippen molar-refractivity contribution in [2.75, 3.05) is 21.2 Å². The molecule has 49 heavy (non-hydrogen) atoms. The number of ether oxygens (including phenoxy) is 3. The summed E-state index contributed by atoms with van der Waals surface area (Å²) < 4.78 is 15.4. The lowest BCUT2D eigenvalue weighted by atomic mass is 9.83. The van der Waals surface area contributed by atoms with Gasteiger partial charge in [-0.2, -0.15) is 0 Å². The van der Waals surface area contributed by atoms with Crippen LogP contribution in [0.3, 0.4) is 0 Å². The fourth-order valence-corrected chi connectivity index (χ4v) is 5.70. The van der Waals surface area contributed by atoms with Gasteiger partial charge in [0, 0.05) is 14.1 Å². The fourth-order valence-electron chi connectivity index (χ4n) is 5.70. The second kappa shape index (κ2) is 19.6. The molecule has 2 rings (SSSR count). The number of aliphatic carboxylic acids is 1. The van der Waals surface area contributed by atoms with Crippen LogP contribution >= 0.6 is 0 Å². The Balaban J connectivity index is 0.000000490. The van der Waals surface area contributed by atoms with Crippen LogP contribution in [0.15, 0.2) is 0 Å². The summed E-state index contributed by atoms with van der Waals surface area (Å²) in [5.41, 5.74) is -1.30. The fraction of sp³-hybridized carbons (Fsp3) is 0.829. The predicted octanol–water partition coefficient (Wildman–Crippen LogP) is 4.87. The Bertz CT molecular complexity index is 1120. The number of rotatable bonds is 10. The number of nitrogens with zero attached hydrogens (tertiary/aromatic N) is 2. The number of carboxylic acids is 1. The summed E-state index contributed by atoms with van der Waals surface area (Å²) in [4.78, 5) is 75.2. The number of likely N-dealkylation sites (N-methyl/N-ethyl adjacent to an activating group) is 2. The molecule has 14 heteroatoms. The zero-order valence-corrected chi connectivity index (χ0v) is 31.6. The molecule has 282 valence electrons. The van der Waals surface area contributed by atoms with Crippen LogP contribution in [0.1, 0.15) is 120 Å². The molecule has 0 aromatic rings. The van der Waals surface area contributed by atoms with Crippen molar-refractivity contribution in [3.05, 3.63) is 0 Å². The minimum absolute atomic E-state index is 0.0563. The molecule has 0 aromatic carbocycles. The topological polar surface area (TPSA) is 181 Å². The number of hydrogen-bond acceptors (Lipinski definition) is 9. The van der Waals surface area contributed by atoms with Crippen molar-refractivity contribution in [2.24, 2.45) is 11.8 Å². The first kappa shape index (κ1) is 43.4.